The molecule has 276 valence electrons. The topological polar surface area (TPSA) is 38.9 Å². The van der Waals surface area contributed by atoms with Crippen LogP contribution in [0.4, 0.5) is 0 Å². The average molecular weight is 753 g/mol. The van der Waals surface area contributed by atoms with Gasteiger partial charge in [-0.2, -0.15) is 0 Å². The fourth-order valence-electron chi connectivity index (χ4n) is 8.19. The second-order valence-corrected chi connectivity index (χ2v) is 15.0. The number of benzene rings is 9. The molecular formula is C56H36N2O. The van der Waals surface area contributed by atoms with Gasteiger partial charge in [-0.15, -0.1) is 0 Å². The summed E-state index contributed by atoms with van der Waals surface area (Å²) in [6, 6.07) is 77.2. The van der Waals surface area contributed by atoms with Crippen molar-refractivity contribution in [2.75, 3.05) is 0 Å². The molecule has 0 atom stereocenters. The summed E-state index contributed by atoms with van der Waals surface area (Å²) >= 11 is 0. The Hall–Kier alpha value is -7.88. The van der Waals surface area contributed by atoms with Crippen LogP contribution in [0.2, 0.25) is 0 Å². The molecule has 3 heteroatoms. The third-order valence-electron chi connectivity index (χ3n) is 11.3. The van der Waals surface area contributed by atoms with E-state index in [0.29, 0.717) is 5.82 Å². The molecule has 11 aromatic rings. The molecule has 0 saturated carbocycles. The number of nitrogens with zero attached hydrogens (tertiary/aromatic N) is 2. The maximum absolute atomic E-state index is 6.23. The molecule has 0 bridgehead atoms. The van der Waals surface area contributed by atoms with E-state index in [1.807, 2.05) is 30.3 Å². The van der Waals surface area contributed by atoms with Gasteiger partial charge in [0.1, 0.15) is 11.2 Å². The van der Waals surface area contributed by atoms with Crippen molar-refractivity contribution in [2.45, 2.75) is 0 Å². The lowest BCUT2D eigenvalue weighted by atomic mass is 9.92. The van der Waals surface area contributed by atoms with Crippen LogP contribution in [0.3, 0.4) is 0 Å². The minimum Gasteiger partial charge on any atom is -0.456 e. The van der Waals surface area contributed by atoms with Gasteiger partial charge in [0.2, 0.25) is 0 Å². The fraction of sp³-hybridized carbons (Fsp3) is 0. The largest absolute Gasteiger partial charge is 0.456 e. The molecule has 2 aromatic heterocycles. The van der Waals surface area contributed by atoms with Gasteiger partial charge in [0, 0.05) is 27.5 Å². The highest BCUT2D eigenvalue weighted by Gasteiger charge is 2.16. The van der Waals surface area contributed by atoms with Crippen LogP contribution in [0.15, 0.2) is 223 Å². The normalized spacial score (nSPS) is 11.4. The van der Waals surface area contributed by atoms with Gasteiger partial charge in [-0.1, -0.05) is 164 Å². The zero-order valence-electron chi connectivity index (χ0n) is 32.1. The summed E-state index contributed by atoms with van der Waals surface area (Å²) in [7, 11) is 0. The van der Waals surface area contributed by atoms with Gasteiger partial charge in [-0.25, -0.2) is 9.97 Å². The zero-order chi connectivity index (χ0) is 39.1. The molecule has 0 spiro atoms. The third kappa shape index (κ3) is 6.65. The maximum Gasteiger partial charge on any atom is 0.160 e. The molecule has 0 aliphatic carbocycles. The minimum atomic E-state index is 0.682. The van der Waals surface area contributed by atoms with Gasteiger partial charge < -0.3 is 4.42 Å². The van der Waals surface area contributed by atoms with Crippen LogP contribution in [-0.2, 0) is 0 Å². The van der Waals surface area contributed by atoms with Gasteiger partial charge in [0.05, 0.1) is 11.4 Å². The fourth-order valence-corrected chi connectivity index (χ4v) is 8.19. The average Bonchev–Trinajstić information content (AvgIpc) is 3.70. The Morgan fingerprint density at radius 2 is 0.746 bits per heavy atom. The molecular weight excluding hydrogens is 717 g/mol. The summed E-state index contributed by atoms with van der Waals surface area (Å²) in [5.41, 5.74) is 15.6. The standard InChI is InChI=1S/C56H36N2O/c1-3-12-37(13-4-1)43-18-11-19-44(30-43)47-32-48(46-28-29-55-51(35-46)50-20-9-10-21-54(50)59-55)34-49(33-47)53-36-52(57-56(58-53)41-15-5-2-6-16-41)40-25-22-39(23-26-40)45-27-24-38-14-7-8-17-42(38)31-45/h1-36H. The second-order valence-electron chi connectivity index (χ2n) is 15.0. The predicted octanol–water partition coefficient (Wildman–Crippen LogP) is 15.2. The molecule has 0 unspecified atom stereocenters. The van der Waals surface area contributed by atoms with Crippen LogP contribution in [0.5, 0.6) is 0 Å². The van der Waals surface area contributed by atoms with Crippen molar-refractivity contribution in [2.24, 2.45) is 0 Å². The van der Waals surface area contributed by atoms with Crippen LogP contribution < -0.4 is 0 Å². The summed E-state index contributed by atoms with van der Waals surface area (Å²) in [6.07, 6.45) is 0. The lowest BCUT2D eigenvalue weighted by Gasteiger charge is -2.14. The highest BCUT2D eigenvalue weighted by Crippen LogP contribution is 2.38. The van der Waals surface area contributed by atoms with Crippen molar-refractivity contribution in [3.05, 3.63) is 218 Å². The Kier molecular flexibility index (Phi) is 8.49. The van der Waals surface area contributed by atoms with Crippen LogP contribution >= 0.6 is 0 Å². The Morgan fingerprint density at radius 3 is 1.53 bits per heavy atom. The molecule has 0 aliphatic rings. The molecule has 0 amide bonds. The van der Waals surface area contributed by atoms with E-state index in [4.69, 9.17) is 14.4 Å². The lowest BCUT2D eigenvalue weighted by Crippen LogP contribution is -1.96. The van der Waals surface area contributed by atoms with Crippen molar-refractivity contribution in [1.29, 1.82) is 0 Å². The molecule has 2 heterocycles. The second kappa shape index (κ2) is 14.6. The van der Waals surface area contributed by atoms with E-state index in [1.165, 1.54) is 27.5 Å². The van der Waals surface area contributed by atoms with Gasteiger partial charge in [0.15, 0.2) is 5.82 Å². The van der Waals surface area contributed by atoms with Gasteiger partial charge >= 0.3 is 0 Å². The molecule has 3 nitrogen and oxygen atoms in total. The highest BCUT2D eigenvalue weighted by atomic mass is 16.3. The van der Waals surface area contributed by atoms with Crippen molar-refractivity contribution >= 4 is 32.7 Å². The molecule has 0 radical (unpaired) electrons. The Balaban J connectivity index is 1.07. The van der Waals surface area contributed by atoms with Crippen LogP contribution in [0.25, 0.3) is 111 Å². The first-order chi connectivity index (χ1) is 29.2. The monoisotopic (exact) mass is 752 g/mol. The van der Waals surface area contributed by atoms with Crippen molar-refractivity contribution in [3.63, 3.8) is 0 Å². The number of rotatable bonds is 7. The van der Waals surface area contributed by atoms with Gasteiger partial charge in [0.25, 0.3) is 0 Å². The van der Waals surface area contributed by atoms with Crippen LogP contribution in [0.1, 0.15) is 0 Å². The molecule has 9 aromatic carbocycles. The van der Waals surface area contributed by atoms with Crippen molar-refractivity contribution < 1.29 is 4.42 Å². The third-order valence-corrected chi connectivity index (χ3v) is 11.3. The van der Waals surface area contributed by atoms with Crippen molar-refractivity contribution in [3.8, 4) is 78.4 Å². The number of aromatic nitrogens is 2. The number of hydrogen-bond donors (Lipinski definition) is 0. The number of para-hydroxylation sites is 1. The Morgan fingerprint density at radius 1 is 0.254 bits per heavy atom. The van der Waals surface area contributed by atoms with Gasteiger partial charge in [-0.05, 0) is 110 Å². The van der Waals surface area contributed by atoms with E-state index in [2.05, 4.69) is 188 Å². The maximum atomic E-state index is 6.23. The van der Waals surface area contributed by atoms with E-state index in [9.17, 15) is 0 Å². The summed E-state index contributed by atoms with van der Waals surface area (Å²) in [5.74, 6) is 0.682. The number of furan rings is 1. The zero-order valence-corrected chi connectivity index (χ0v) is 32.1. The van der Waals surface area contributed by atoms with E-state index < -0.39 is 0 Å². The quantitative estimate of drug-likeness (QED) is 0.163. The van der Waals surface area contributed by atoms with Crippen LogP contribution in [-0.4, -0.2) is 9.97 Å². The van der Waals surface area contributed by atoms with Crippen molar-refractivity contribution in [1.82, 2.24) is 9.97 Å². The molecule has 11 rings (SSSR count). The molecule has 0 saturated heterocycles. The number of hydrogen-bond acceptors (Lipinski definition) is 3. The van der Waals surface area contributed by atoms with Gasteiger partial charge in [-0.3, -0.25) is 0 Å². The van der Waals surface area contributed by atoms with E-state index in [-0.39, 0.29) is 0 Å². The van der Waals surface area contributed by atoms with E-state index in [0.717, 1.165) is 77.8 Å². The highest BCUT2D eigenvalue weighted by molar-refractivity contribution is 6.06. The first-order valence-electron chi connectivity index (χ1n) is 20.0. The molecule has 0 N–H and O–H groups in total. The lowest BCUT2D eigenvalue weighted by molar-refractivity contribution is 0.669. The van der Waals surface area contributed by atoms with Crippen LogP contribution in [0, 0.1) is 0 Å². The molecule has 0 aliphatic heterocycles. The number of fused-ring (bicyclic) bond motifs is 4. The molecule has 0 fully saturated rings. The summed E-state index contributed by atoms with van der Waals surface area (Å²) in [5, 5.41) is 4.67. The smallest absolute Gasteiger partial charge is 0.160 e. The molecule has 59 heavy (non-hydrogen) atoms. The summed E-state index contributed by atoms with van der Waals surface area (Å²) in [6.45, 7) is 0. The first-order valence-corrected chi connectivity index (χ1v) is 20.0. The predicted molar refractivity (Wildman–Crippen MR) is 245 cm³/mol. The Labute approximate surface area is 342 Å². The van der Waals surface area contributed by atoms with E-state index >= 15 is 0 Å². The first kappa shape index (κ1) is 34.4. The Bertz CT molecular complexity index is 3310. The SMILES string of the molecule is c1ccc(-c2cccc(-c3cc(-c4ccc5oc6ccccc6c5c4)cc(-c4cc(-c5ccc(-c6ccc7ccccc7c6)cc5)nc(-c5ccccc5)n4)c3)c2)cc1. The van der Waals surface area contributed by atoms with E-state index in [1.54, 1.807) is 0 Å². The summed E-state index contributed by atoms with van der Waals surface area (Å²) < 4.78 is 6.23. The minimum absolute atomic E-state index is 0.682. The summed E-state index contributed by atoms with van der Waals surface area (Å²) in [4.78, 5) is 10.5.